The third kappa shape index (κ3) is 9.89. The molecule has 0 N–H and O–H groups in total. The molecule has 0 fully saturated rings. The van der Waals surface area contributed by atoms with Gasteiger partial charge in [0.1, 0.15) is 0 Å². The summed E-state index contributed by atoms with van der Waals surface area (Å²) < 4.78 is 0. The molecule has 0 saturated heterocycles. The molecule has 3 aromatic carbocycles. The quantitative estimate of drug-likeness (QED) is 0.250. The predicted molar refractivity (Wildman–Crippen MR) is 129 cm³/mol. The fourth-order valence-corrected chi connectivity index (χ4v) is 5.41. The molecular formula is C28H34O2S. The Morgan fingerprint density at radius 2 is 0.968 bits per heavy atom. The molecule has 3 aromatic rings. The Kier molecular flexibility index (Phi) is 12.2. The van der Waals surface area contributed by atoms with Gasteiger partial charge in [0.05, 0.1) is 10.9 Å². The van der Waals surface area contributed by atoms with Crippen LogP contribution in [-0.4, -0.2) is 5.97 Å². The molecule has 0 aliphatic rings. The largest absolute Gasteiger partial charge is 0.550 e. The van der Waals surface area contributed by atoms with E-state index >= 15 is 0 Å². The van der Waals surface area contributed by atoms with Crippen LogP contribution in [0.3, 0.4) is 0 Å². The summed E-state index contributed by atoms with van der Waals surface area (Å²) in [4.78, 5) is 14.1. The maximum absolute atomic E-state index is 10.0. The summed E-state index contributed by atoms with van der Waals surface area (Å²) in [6.07, 6.45) is 8.34. The molecule has 0 bridgehead atoms. The molecule has 0 amide bonds. The van der Waals surface area contributed by atoms with Crippen molar-refractivity contribution >= 4 is 16.9 Å². The third-order valence-electron chi connectivity index (χ3n) is 4.92. The molecule has 0 saturated carbocycles. The van der Waals surface area contributed by atoms with Gasteiger partial charge in [0, 0.05) is 5.97 Å². The van der Waals surface area contributed by atoms with Crippen LogP contribution in [0.1, 0.15) is 58.3 Å². The number of carboxylic acids is 1. The number of aliphatic carboxylic acids is 1. The fourth-order valence-electron chi connectivity index (χ4n) is 3.30. The van der Waals surface area contributed by atoms with Gasteiger partial charge in [-0.05, 0) is 49.2 Å². The van der Waals surface area contributed by atoms with Crippen molar-refractivity contribution in [2.75, 3.05) is 0 Å². The van der Waals surface area contributed by atoms with Crippen molar-refractivity contribution in [1.29, 1.82) is 0 Å². The van der Waals surface area contributed by atoms with Gasteiger partial charge in [-0.1, -0.05) is 100 Å². The van der Waals surface area contributed by atoms with Crippen LogP contribution in [0.5, 0.6) is 0 Å². The average molecular weight is 435 g/mol. The monoisotopic (exact) mass is 434 g/mol. The zero-order chi connectivity index (χ0) is 22.2. The van der Waals surface area contributed by atoms with E-state index in [0.29, 0.717) is 0 Å². The van der Waals surface area contributed by atoms with Crippen molar-refractivity contribution in [1.82, 2.24) is 0 Å². The number of hydrogen-bond acceptors (Lipinski definition) is 2. The lowest BCUT2D eigenvalue weighted by molar-refractivity contribution is -0.305. The predicted octanol–water partition coefficient (Wildman–Crippen LogP) is 6.66. The van der Waals surface area contributed by atoms with Crippen molar-refractivity contribution in [2.24, 2.45) is 0 Å². The molecule has 0 atom stereocenters. The summed E-state index contributed by atoms with van der Waals surface area (Å²) in [6.45, 7) is 2.19. The van der Waals surface area contributed by atoms with Crippen molar-refractivity contribution in [2.45, 2.75) is 73.0 Å². The highest BCUT2D eigenvalue weighted by atomic mass is 32.2. The van der Waals surface area contributed by atoms with Gasteiger partial charge < -0.3 is 9.90 Å². The number of unbranched alkanes of at least 4 members (excludes halogenated alkanes) is 6. The summed E-state index contributed by atoms with van der Waals surface area (Å²) in [6, 6.07) is 32.2. The minimum atomic E-state index is -0.913. The Morgan fingerprint density at radius 3 is 1.32 bits per heavy atom. The summed E-state index contributed by atoms with van der Waals surface area (Å²) in [5.41, 5.74) is 0. The zero-order valence-corrected chi connectivity index (χ0v) is 19.4. The number of carbonyl (C=O) groups is 1. The van der Waals surface area contributed by atoms with Crippen LogP contribution < -0.4 is 5.11 Å². The molecule has 2 nitrogen and oxygen atoms in total. The van der Waals surface area contributed by atoms with Gasteiger partial charge in [-0.25, -0.2) is 0 Å². The van der Waals surface area contributed by atoms with E-state index in [0.717, 1.165) is 12.8 Å². The van der Waals surface area contributed by atoms with Gasteiger partial charge in [0.15, 0.2) is 14.7 Å². The number of carbonyl (C=O) groups excluding carboxylic acids is 1. The maximum Gasteiger partial charge on any atom is 0.166 e. The van der Waals surface area contributed by atoms with Crippen LogP contribution in [-0.2, 0) is 15.7 Å². The Bertz CT molecular complexity index is 741. The van der Waals surface area contributed by atoms with E-state index in [2.05, 4.69) is 97.9 Å². The first-order valence-electron chi connectivity index (χ1n) is 11.3. The Morgan fingerprint density at radius 1 is 0.613 bits per heavy atom. The Hall–Kier alpha value is -2.52. The number of rotatable bonds is 11. The van der Waals surface area contributed by atoms with Crippen LogP contribution in [0.15, 0.2) is 106 Å². The molecule has 0 aliphatic carbocycles. The molecule has 3 rings (SSSR count). The second-order valence-electron chi connectivity index (χ2n) is 7.49. The average Bonchev–Trinajstić information content (AvgIpc) is 2.81. The minimum absolute atomic E-state index is 0.0146. The lowest BCUT2D eigenvalue weighted by atomic mass is 10.1. The van der Waals surface area contributed by atoms with Crippen LogP contribution in [0.25, 0.3) is 0 Å². The van der Waals surface area contributed by atoms with E-state index in [9.17, 15) is 9.90 Å². The van der Waals surface area contributed by atoms with E-state index < -0.39 is 5.97 Å². The van der Waals surface area contributed by atoms with Gasteiger partial charge in [-0.2, -0.15) is 0 Å². The third-order valence-corrected chi connectivity index (χ3v) is 7.15. The van der Waals surface area contributed by atoms with Crippen LogP contribution in [0.2, 0.25) is 0 Å². The maximum atomic E-state index is 10.0. The molecule has 0 aromatic heterocycles. The second kappa shape index (κ2) is 15.3. The van der Waals surface area contributed by atoms with Gasteiger partial charge in [0.25, 0.3) is 0 Å². The minimum Gasteiger partial charge on any atom is -0.550 e. The summed E-state index contributed by atoms with van der Waals surface area (Å²) >= 11 is 0. The Balaban J connectivity index is 0.000000248. The number of benzene rings is 3. The van der Waals surface area contributed by atoms with Gasteiger partial charge in [-0.3, -0.25) is 0 Å². The molecule has 0 heterocycles. The normalized spacial score (nSPS) is 10.4. The first-order chi connectivity index (χ1) is 15.2. The summed E-state index contributed by atoms with van der Waals surface area (Å²) in [5, 5.41) is 10.0. The lowest BCUT2D eigenvalue weighted by Crippen LogP contribution is -2.21. The molecule has 0 spiro atoms. The first-order valence-corrected chi connectivity index (χ1v) is 12.5. The standard InChI is InChI=1S/C18H15S.C10H20O2/c1-4-10-16(11-5-1)19(17-12-6-2-7-13-17)18-14-8-3-9-15-18;1-2-3-4-5-6-7-8-9-10(11)12/h1-15H;2-9H2,1H3,(H,11,12)/q+1;/p-1. The van der Waals surface area contributed by atoms with Crippen molar-refractivity contribution in [3.63, 3.8) is 0 Å². The topological polar surface area (TPSA) is 40.1 Å². The van der Waals surface area contributed by atoms with E-state index in [1.807, 2.05) is 0 Å². The van der Waals surface area contributed by atoms with Gasteiger partial charge in [-0.15, -0.1) is 0 Å². The second-order valence-corrected chi connectivity index (χ2v) is 9.52. The van der Waals surface area contributed by atoms with Gasteiger partial charge in [0.2, 0.25) is 0 Å². The summed E-state index contributed by atoms with van der Waals surface area (Å²) in [7, 11) is -0.0146. The van der Waals surface area contributed by atoms with Gasteiger partial charge >= 0.3 is 0 Å². The fraction of sp³-hybridized carbons (Fsp3) is 0.321. The highest BCUT2D eigenvalue weighted by molar-refractivity contribution is 7.97. The molecule has 164 valence electrons. The molecule has 31 heavy (non-hydrogen) atoms. The summed E-state index contributed by atoms with van der Waals surface area (Å²) in [5.74, 6) is -0.913. The lowest BCUT2D eigenvalue weighted by Gasteiger charge is -2.07. The van der Waals surface area contributed by atoms with E-state index in [-0.39, 0.29) is 17.3 Å². The van der Waals surface area contributed by atoms with E-state index in [1.54, 1.807) is 0 Å². The van der Waals surface area contributed by atoms with Crippen LogP contribution in [0, 0.1) is 0 Å². The molecule has 0 radical (unpaired) electrons. The smallest absolute Gasteiger partial charge is 0.166 e. The number of carboxylic acid groups (broad SMARTS) is 1. The molecule has 0 unspecified atom stereocenters. The SMILES string of the molecule is CCCCCCCCCC(=O)[O-].c1ccc([S+](c2ccccc2)c2ccccc2)cc1. The van der Waals surface area contributed by atoms with Crippen molar-refractivity contribution in [3.8, 4) is 0 Å². The highest BCUT2D eigenvalue weighted by Crippen LogP contribution is 2.30. The zero-order valence-electron chi connectivity index (χ0n) is 18.5. The first kappa shape index (κ1) is 24.7. The molecular weight excluding hydrogens is 400 g/mol. The van der Waals surface area contributed by atoms with E-state index in [1.165, 1.54) is 46.8 Å². The number of hydrogen-bond donors (Lipinski definition) is 0. The van der Waals surface area contributed by atoms with Crippen molar-refractivity contribution in [3.05, 3.63) is 91.0 Å². The molecule has 3 heteroatoms. The molecule has 0 aliphatic heterocycles. The highest BCUT2D eigenvalue weighted by Gasteiger charge is 2.27. The van der Waals surface area contributed by atoms with Crippen molar-refractivity contribution < 1.29 is 9.90 Å². The van der Waals surface area contributed by atoms with E-state index in [4.69, 9.17) is 0 Å². The Labute approximate surface area is 190 Å². The van der Waals surface area contributed by atoms with Crippen LogP contribution >= 0.6 is 0 Å². The van der Waals surface area contributed by atoms with Crippen LogP contribution in [0.4, 0.5) is 0 Å².